The van der Waals surface area contributed by atoms with E-state index in [0.717, 1.165) is 50.5 Å². The highest BCUT2D eigenvalue weighted by Gasteiger charge is 2.28. The van der Waals surface area contributed by atoms with Crippen molar-refractivity contribution in [3.05, 3.63) is 11.6 Å². The normalized spacial score (nSPS) is 23.4. The third-order valence-corrected chi connectivity index (χ3v) is 4.59. The lowest BCUT2D eigenvalue weighted by Crippen LogP contribution is -2.39. The largest absolute Gasteiger partial charge is 0.468 e. The van der Waals surface area contributed by atoms with Crippen LogP contribution in [0.5, 0.6) is 0 Å². The van der Waals surface area contributed by atoms with Crippen LogP contribution in [0.3, 0.4) is 0 Å². The quantitative estimate of drug-likeness (QED) is 0.787. The predicted molar refractivity (Wildman–Crippen MR) is 78.0 cm³/mol. The first-order valence-corrected chi connectivity index (χ1v) is 7.99. The third kappa shape index (κ3) is 3.26. The van der Waals surface area contributed by atoms with E-state index in [-0.39, 0.29) is 5.97 Å². The molecule has 0 amide bonds. The van der Waals surface area contributed by atoms with Crippen molar-refractivity contribution in [3.8, 4) is 0 Å². The molecule has 0 spiro atoms. The number of esters is 1. The van der Waals surface area contributed by atoms with Crippen LogP contribution < -0.4 is 0 Å². The molecule has 1 aromatic rings. The Hall–Kier alpha value is -1.43. The maximum atomic E-state index is 11.5. The minimum Gasteiger partial charge on any atom is -0.468 e. The Morgan fingerprint density at radius 3 is 3.00 bits per heavy atom. The van der Waals surface area contributed by atoms with Gasteiger partial charge in [0.2, 0.25) is 0 Å². The molecule has 0 aliphatic carbocycles. The fourth-order valence-corrected chi connectivity index (χ4v) is 3.47. The van der Waals surface area contributed by atoms with E-state index in [1.54, 1.807) is 0 Å². The van der Waals surface area contributed by atoms with Crippen LogP contribution in [0.4, 0.5) is 0 Å². The molecule has 2 aliphatic rings. The lowest BCUT2D eigenvalue weighted by atomic mass is 9.97. The molecule has 1 atom stereocenters. The highest BCUT2D eigenvalue weighted by atomic mass is 16.5. The Bertz CT molecular complexity index is 500. The Kier molecular flexibility index (Phi) is 4.53. The molecule has 0 aromatic carbocycles. The van der Waals surface area contributed by atoms with Crippen molar-refractivity contribution >= 4 is 5.97 Å². The lowest BCUT2D eigenvalue weighted by molar-refractivity contribution is -0.142. The Balaban J connectivity index is 1.71. The SMILES string of the molecule is COC(=O)CN1CCCC(c2nnc3n2CCCCC3)C1. The summed E-state index contributed by atoms with van der Waals surface area (Å²) < 4.78 is 7.10. The van der Waals surface area contributed by atoms with Crippen LogP contribution in [0.2, 0.25) is 0 Å². The molecule has 2 aliphatic heterocycles. The Morgan fingerprint density at radius 1 is 1.24 bits per heavy atom. The van der Waals surface area contributed by atoms with E-state index in [4.69, 9.17) is 4.74 Å². The fourth-order valence-electron chi connectivity index (χ4n) is 3.47. The highest BCUT2D eigenvalue weighted by Crippen LogP contribution is 2.27. The minimum absolute atomic E-state index is 0.157. The van der Waals surface area contributed by atoms with E-state index >= 15 is 0 Å². The van der Waals surface area contributed by atoms with Crippen LogP contribution in [0.1, 0.15) is 49.7 Å². The van der Waals surface area contributed by atoms with E-state index in [1.807, 2.05) is 0 Å². The number of aryl methyl sites for hydroxylation is 1. The molecular weight excluding hydrogens is 268 g/mol. The molecule has 21 heavy (non-hydrogen) atoms. The van der Waals surface area contributed by atoms with Crippen LogP contribution >= 0.6 is 0 Å². The first kappa shape index (κ1) is 14.5. The zero-order valence-electron chi connectivity index (χ0n) is 12.8. The molecule has 3 rings (SSSR count). The van der Waals surface area contributed by atoms with Gasteiger partial charge in [0, 0.05) is 25.4 Å². The molecule has 0 N–H and O–H groups in total. The Morgan fingerprint density at radius 2 is 2.14 bits per heavy atom. The number of hydrogen-bond acceptors (Lipinski definition) is 5. The van der Waals surface area contributed by atoms with E-state index in [9.17, 15) is 4.79 Å². The second-order valence-corrected chi connectivity index (χ2v) is 6.09. The summed E-state index contributed by atoms with van der Waals surface area (Å²) in [5.74, 6) is 2.51. The minimum atomic E-state index is -0.157. The van der Waals surface area contributed by atoms with Crippen molar-refractivity contribution in [2.24, 2.45) is 0 Å². The molecule has 6 heteroatoms. The zero-order valence-corrected chi connectivity index (χ0v) is 12.8. The molecule has 116 valence electrons. The van der Waals surface area contributed by atoms with Crippen molar-refractivity contribution < 1.29 is 9.53 Å². The number of carbonyl (C=O) groups is 1. The number of nitrogens with zero attached hydrogens (tertiary/aromatic N) is 4. The molecule has 1 unspecified atom stereocenters. The molecule has 1 fully saturated rings. The standard InChI is InChI=1S/C15H24N4O2/c1-21-14(20)11-18-8-5-6-12(10-18)15-17-16-13-7-3-2-4-9-19(13)15/h12H,2-11H2,1H3. The van der Waals surface area contributed by atoms with E-state index < -0.39 is 0 Å². The molecule has 1 saturated heterocycles. The number of hydrogen-bond donors (Lipinski definition) is 0. The molecule has 3 heterocycles. The molecular formula is C15H24N4O2. The van der Waals surface area contributed by atoms with Gasteiger partial charge >= 0.3 is 5.97 Å². The number of rotatable bonds is 3. The fraction of sp³-hybridized carbons (Fsp3) is 0.800. The number of likely N-dealkylation sites (tertiary alicyclic amines) is 1. The number of fused-ring (bicyclic) bond motifs is 1. The highest BCUT2D eigenvalue weighted by molar-refractivity contribution is 5.71. The van der Waals surface area contributed by atoms with Crippen LogP contribution in [-0.4, -0.2) is 52.4 Å². The zero-order chi connectivity index (χ0) is 14.7. The first-order valence-electron chi connectivity index (χ1n) is 7.99. The summed E-state index contributed by atoms with van der Waals surface area (Å²) in [6, 6.07) is 0. The topological polar surface area (TPSA) is 60.2 Å². The smallest absolute Gasteiger partial charge is 0.319 e. The lowest BCUT2D eigenvalue weighted by Gasteiger charge is -2.31. The molecule has 6 nitrogen and oxygen atoms in total. The number of methoxy groups -OCH3 is 1. The van der Waals surface area contributed by atoms with Crippen molar-refractivity contribution in [3.63, 3.8) is 0 Å². The second kappa shape index (κ2) is 6.56. The number of aromatic nitrogens is 3. The average Bonchev–Trinajstić information content (AvgIpc) is 2.76. The number of piperidine rings is 1. The van der Waals surface area contributed by atoms with E-state index in [0.29, 0.717) is 12.5 Å². The maximum absolute atomic E-state index is 11.5. The van der Waals surface area contributed by atoms with Gasteiger partial charge in [0.15, 0.2) is 0 Å². The molecule has 1 aromatic heterocycles. The predicted octanol–water partition coefficient (Wildman–Crippen LogP) is 1.36. The van der Waals surface area contributed by atoms with Gasteiger partial charge in [-0.05, 0) is 32.2 Å². The molecule has 0 radical (unpaired) electrons. The number of carbonyl (C=O) groups excluding carboxylic acids is 1. The van der Waals surface area contributed by atoms with Gasteiger partial charge < -0.3 is 9.30 Å². The average molecular weight is 292 g/mol. The molecule has 0 bridgehead atoms. The van der Waals surface area contributed by atoms with Gasteiger partial charge in [0.05, 0.1) is 13.7 Å². The van der Waals surface area contributed by atoms with Crippen molar-refractivity contribution in [1.29, 1.82) is 0 Å². The summed E-state index contributed by atoms with van der Waals surface area (Å²) in [4.78, 5) is 13.6. The summed E-state index contributed by atoms with van der Waals surface area (Å²) in [6.07, 6.45) is 7.00. The van der Waals surface area contributed by atoms with Gasteiger partial charge in [0.25, 0.3) is 0 Å². The van der Waals surface area contributed by atoms with Crippen molar-refractivity contribution in [1.82, 2.24) is 19.7 Å². The van der Waals surface area contributed by atoms with E-state index in [1.165, 1.54) is 26.4 Å². The van der Waals surface area contributed by atoms with Crippen LogP contribution in [0, 0.1) is 0 Å². The van der Waals surface area contributed by atoms with Crippen molar-refractivity contribution in [2.75, 3.05) is 26.7 Å². The first-order chi connectivity index (χ1) is 10.3. The molecule has 0 saturated carbocycles. The summed E-state index contributed by atoms with van der Waals surface area (Å²) in [5, 5.41) is 8.86. The summed E-state index contributed by atoms with van der Waals surface area (Å²) in [5.41, 5.74) is 0. The Labute approximate surface area is 125 Å². The third-order valence-electron chi connectivity index (χ3n) is 4.59. The van der Waals surface area contributed by atoms with Crippen molar-refractivity contribution in [2.45, 2.75) is 51.0 Å². The summed E-state index contributed by atoms with van der Waals surface area (Å²) in [7, 11) is 1.45. The number of ether oxygens (including phenoxy) is 1. The van der Waals surface area contributed by atoms with Gasteiger partial charge in [-0.15, -0.1) is 10.2 Å². The van der Waals surface area contributed by atoms with Crippen LogP contribution in [-0.2, 0) is 22.5 Å². The maximum Gasteiger partial charge on any atom is 0.319 e. The van der Waals surface area contributed by atoms with Crippen LogP contribution in [0.25, 0.3) is 0 Å². The van der Waals surface area contributed by atoms with E-state index in [2.05, 4.69) is 19.7 Å². The monoisotopic (exact) mass is 292 g/mol. The summed E-state index contributed by atoms with van der Waals surface area (Å²) in [6.45, 7) is 3.28. The van der Waals surface area contributed by atoms with Gasteiger partial charge in [-0.1, -0.05) is 6.42 Å². The second-order valence-electron chi connectivity index (χ2n) is 6.09. The summed E-state index contributed by atoms with van der Waals surface area (Å²) >= 11 is 0. The van der Waals surface area contributed by atoms with Gasteiger partial charge in [0.1, 0.15) is 11.6 Å². The van der Waals surface area contributed by atoms with Gasteiger partial charge in [-0.3, -0.25) is 9.69 Å². The van der Waals surface area contributed by atoms with Gasteiger partial charge in [-0.25, -0.2) is 0 Å². The van der Waals surface area contributed by atoms with Gasteiger partial charge in [-0.2, -0.15) is 0 Å². The van der Waals surface area contributed by atoms with Crippen LogP contribution in [0.15, 0.2) is 0 Å².